The number of furan rings is 1. The van der Waals surface area contributed by atoms with Crippen LogP contribution < -0.4 is 0 Å². The van der Waals surface area contributed by atoms with E-state index < -0.39 is 5.97 Å². The van der Waals surface area contributed by atoms with E-state index in [1.54, 1.807) is 13.2 Å². The summed E-state index contributed by atoms with van der Waals surface area (Å²) >= 11 is 0. The van der Waals surface area contributed by atoms with Gasteiger partial charge in [-0.2, -0.15) is 0 Å². The second kappa shape index (κ2) is 3.89. The third kappa shape index (κ3) is 1.74. The van der Waals surface area contributed by atoms with Gasteiger partial charge in [0.05, 0.1) is 12.1 Å². The van der Waals surface area contributed by atoms with Crippen molar-refractivity contribution in [2.24, 2.45) is 7.05 Å². The Labute approximate surface area is 93.1 Å². The van der Waals surface area contributed by atoms with E-state index in [4.69, 9.17) is 9.52 Å². The molecular formula is C12H13NO3. The zero-order valence-electron chi connectivity index (χ0n) is 9.23. The first-order valence-corrected chi connectivity index (χ1v) is 5.00. The summed E-state index contributed by atoms with van der Waals surface area (Å²) in [6.45, 7) is 1.78. The number of carbonyl (C=O) groups is 1. The van der Waals surface area contributed by atoms with E-state index in [-0.39, 0.29) is 6.42 Å². The second-order valence-corrected chi connectivity index (χ2v) is 3.76. The molecule has 0 unspecified atom stereocenters. The SMILES string of the molecule is Cc1occ(-c2cccn2C)c1CC(=O)O. The lowest BCUT2D eigenvalue weighted by atomic mass is 10.1. The van der Waals surface area contributed by atoms with Gasteiger partial charge in [0.2, 0.25) is 0 Å². The van der Waals surface area contributed by atoms with Gasteiger partial charge >= 0.3 is 5.97 Å². The minimum atomic E-state index is -0.847. The van der Waals surface area contributed by atoms with Crippen LogP contribution in [-0.4, -0.2) is 15.6 Å². The molecule has 4 heteroatoms. The lowest BCUT2D eigenvalue weighted by Gasteiger charge is -2.03. The highest BCUT2D eigenvalue weighted by Gasteiger charge is 2.16. The van der Waals surface area contributed by atoms with E-state index in [1.807, 2.05) is 29.9 Å². The maximum absolute atomic E-state index is 10.8. The van der Waals surface area contributed by atoms with E-state index in [0.717, 1.165) is 16.8 Å². The quantitative estimate of drug-likeness (QED) is 0.861. The molecule has 0 aliphatic heterocycles. The monoisotopic (exact) mass is 219 g/mol. The average Bonchev–Trinajstić information content (AvgIpc) is 2.75. The maximum atomic E-state index is 10.8. The van der Waals surface area contributed by atoms with Crippen molar-refractivity contribution in [2.75, 3.05) is 0 Å². The number of hydrogen-bond donors (Lipinski definition) is 1. The van der Waals surface area contributed by atoms with Crippen molar-refractivity contribution in [1.82, 2.24) is 4.57 Å². The van der Waals surface area contributed by atoms with Crippen molar-refractivity contribution in [3.05, 3.63) is 35.9 Å². The molecule has 16 heavy (non-hydrogen) atoms. The van der Waals surface area contributed by atoms with Crippen LogP contribution >= 0.6 is 0 Å². The normalized spacial score (nSPS) is 10.6. The summed E-state index contributed by atoms with van der Waals surface area (Å²) in [5.41, 5.74) is 2.56. The molecule has 0 aromatic carbocycles. The number of carboxylic acids is 1. The van der Waals surface area contributed by atoms with E-state index in [1.165, 1.54) is 0 Å². The highest BCUT2D eigenvalue weighted by Crippen LogP contribution is 2.28. The van der Waals surface area contributed by atoms with Gasteiger partial charge in [-0.05, 0) is 19.1 Å². The van der Waals surface area contributed by atoms with E-state index in [9.17, 15) is 4.79 Å². The van der Waals surface area contributed by atoms with Crippen LogP contribution in [0.4, 0.5) is 0 Å². The molecule has 0 radical (unpaired) electrons. The van der Waals surface area contributed by atoms with Gasteiger partial charge in [0.25, 0.3) is 0 Å². The van der Waals surface area contributed by atoms with Crippen LogP contribution in [0.25, 0.3) is 11.3 Å². The smallest absolute Gasteiger partial charge is 0.307 e. The predicted molar refractivity (Wildman–Crippen MR) is 59.2 cm³/mol. The molecule has 2 aromatic heterocycles. The van der Waals surface area contributed by atoms with Crippen LogP contribution in [0.1, 0.15) is 11.3 Å². The Hall–Kier alpha value is -1.97. The fourth-order valence-corrected chi connectivity index (χ4v) is 1.81. The molecule has 0 aliphatic carbocycles. The summed E-state index contributed by atoms with van der Waals surface area (Å²) in [7, 11) is 1.92. The van der Waals surface area contributed by atoms with Crippen molar-refractivity contribution in [3.63, 3.8) is 0 Å². The fourth-order valence-electron chi connectivity index (χ4n) is 1.81. The van der Waals surface area contributed by atoms with Gasteiger partial charge in [-0.15, -0.1) is 0 Å². The van der Waals surface area contributed by atoms with E-state index >= 15 is 0 Å². The standard InChI is InChI=1S/C12H13NO3/c1-8-9(6-12(14)15)10(7-16-8)11-4-3-5-13(11)2/h3-5,7H,6H2,1-2H3,(H,14,15). The Balaban J connectivity index is 2.50. The van der Waals surface area contributed by atoms with Crippen LogP contribution in [0.5, 0.6) is 0 Å². The van der Waals surface area contributed by atoms with Gasteiger partial charge in [-0.3, -0.25) is 4.79 Å². The minimum absolute atomic E-state index is 0.0111. The molecule has 0 spiro atoms. The summed E-state index contributed by atoms with van der Waals surface area (Å²) in [5.74, 6) is -0.182. The van der Waals surface area contributed by atoms with Crippen molar-refractivity contribution < 1.29 is 14.3 Å². The second-order valence-electron chi connectivity index (χ2n) is 3.76. The molecule has 2 aromatic rings. The topological polar surface area (TPSA) is 55.4 Å². The highest BCUT2D eigenvalue weighted by atomic mass is 16.4. The number of nitrogens with zero attached hydrogens (tertiary/aromatic N) is 1. The lowest BCUT2D eigenvalue weighted by molar-refractivity contribution is -0.136. The van der Waals surface area contributed by atoms with Gasteiger partial charge < -0.3 is 14.1 Å². The highest BCUT2D eigenvalue weighted by molar-refractivity contribution is 5.76. The summed E-state index contributed by atoms with van der Waals surface area (Å²) in [4.78, 5) is 10.8. The molecule has 2 heterocycles. The van der Waals surface area contributed by atoms with Crippen molar-refractivity contribution >= 4 is 5.97 Å². The van der Waals surface area contributed by atoms with Gasteiger partial charge in [0, 0.05) is 24.4 Å². The minimum Gasteiger partial charge on any atom is -0.481 e. The zero-order chi connectivity index (χ0) is 11.7. The van der Waals surface area contributed by atoms with Crippen LogP contribution in [0.15, 0.2) is 29.0 Å². The van der Waals surface area contributed by atoms with Crippen molar-refractivity contribution in [1.29, 1.82) is 0 Å². The zero-order valence-corrected chi connectivity index (χ0v) is 9.23. The Morgan fingerprint density at radius 2 is 2.31 bits per heavy atom. The predicted octanol–water partition coefficient (Wildman–Crippen LogP) is 2.22. The molecule has 0 atom stereocenters. The molecule has 1 N–H and O–H groups in total. The van der Waals surface area contributed by atoms with E-state index in [2.05, 4.69) is 0 Å². The Kier molecular flexibility index (Phi) is 2.56. The Morgan fingerprint density at radius 1 is 1.56 bits per heavy atom. The van der Waals surface area contributed by atoms with Gasteiger partial charge in [-0.25, -0.2) is 0 Å². The molecule has 0 bridgehead atoms. The summed E-state index contributed by atoms with van der Waals surface area (Å²) in [6.07, 6.45) is 3.52. The van der Waals surface area contributed by atoms with Crippen LogP contribution in [0, 0.1) is 6.92 Å². The molecule has 0 amide bonds. The van der Waals surface area contributed by atoms with Crippen LogP contribution in [0.2, 0.25) is 0 Å². The summed E-state index contributed by atoms with van der Waals surface area (Å²) in [6, 6.07) is 3.86. The fraction of sp³-hybridized carbons (Fsp3) is 0.250. The molecule has 0 saturated heterocycles. The molecule has 4 nitrogen and oxygen atoms in total. The van der Waals surface area contributed by atoms with Crippen LogP contribution in [0.3, 0.4) is 0 Å². The molecule has 0 fully saturated rings. The number of carboxylic acid groups (broad SMARTS) is 1. The molecule has 0 aliphatic rings. The van der Waals surface area contributed by atoms with Gasteiger partial charge in [0.1, 0.15) is 12.0 Å². The molecule has 0 saturated carbocycles. The first-order valence-electron chi connectivity index (χ1n) is 5.00. The average molecular weight is 219 g/mol. The maximum Gasteiger partial charge on any atom is 0.307 e. The molecule has 84 valence electrons. The van der Waals surface area contributed by atoms with Crippen LogP contribution in [-0.2, 0) is 18.3 Å². The molecular weight excluding hydrogens is 206 g/mol. The number of hydrogen-bond acceptors (Lipinski definition) is 2. The number of aliphatic carboxylic acids is 1. The van der Waals surface area contributed by atoms with Gasteiger partial charge in [0.15, 0.2) is 0 Å². The van der Waals surface area contributed by atoms with Crippen molar-refractivity contribution in [3.8, 4) is 11.3 Å². The first kappa shape index (κ1) is 10.5. The Morgan fingerprint density at radius 3 is 2.88 bits per heavy atom. The van der Waals surface area contributed by atoms with E-state index in [0.29, 0.717) is 5.76 Å². The number of rotatable bonds is 3. The lowest BCUT2D eigenvalue weighted by Crippen LogP contribution is -2.02. The van der Waals surface area contributed by atoms with Crippen molar-refractivity contribution in [2.45, 2.75) is 13.3 Å². The summed E-state index contributed by atoms with van der Waals surface area (Å²) in [5, 5.41) is 8.85. The third-order valence-electron chi connectivity index (χ3n) is 2.65. The number of aromatic nitrogens is 1. The van der Waals surface area contributed by atoms with Gasteiger partial charge in [-0.1, -0.05) is 0 Å². The first-order chi connectivity index (χ1) is 7.59. The molecule has 2 rings (SSSR count). The summed E-state index contributed by atoms with van der Waals surface area (Å²) < 4.78 is 7.24. The largest absolute Gasteiger partial charge is 0.481 e. The Bertz CT molecular complexity index is 522. The number of aryl methyl sites for hydroxylation is 2. The third-order valence-corrected chi connectivity index (χ3v) is 2.65.